The van der Waals surface area contributed by atoms with E-state index in [2.05, 4.69) is 218 Å². The molecule has 13 rings (SSSR count). The van der Waals surface area contributed by atoms with Gasteiger partial charge >= 0.3 is 325 Å². The minimum Gasteiger partial charge on any atom is -0.0619 e. The summed E-state index contributed by atoms with van der Waals surface area (Å²) in [6, 6.07) is 61.9. The van der Waals surface area contributed by atoms with E-state index in [0.29, 0.717) is 0 Å². The first kappa shape index (κ1) is 36.2. The molecule has 298 valence electrons. The van der Waals surface area contributed by atoms with Crippen LogP contribution in [0.3, 0.4) is 0 Å². The molecule has 0 atom stereocenters. The third-order valence-electron chi connectivity index (χ3n) is 13.7. The van der Waals surface area contributed by atoms with Crippen LogP contribution in [0.25, 0.3) is 49.5 Å². The number of H-pyrrole nitrogens is 1. The second-order valence-electron chi connectivity index (χ2n) is 18.3. The minimum absolute atomic E-state index is 0.0431. The molecular formula is C56H43BIN4-. The van der Waals surface area contributed by atoms with Crippen LogP contribution in [-0.2, 0) is 5.41 Å². The number of aromatic amines is 1. The van der Waals surface area contributed by atoms with Crippen molar-refractivity contribution in [1.82, 2.24) is 9.55 Å². The van der Waals surface area contributed by atoms with Crippen LogP contribution in [0, 0.1) is 21.1 Å². The van der Waals surface area contributed by atoms with Crippen molar-refractivity contribution in [2.24, 2.45) is 0 Å². The van der Waals surface area contributed by atoms with Crippen LogP contribution in [0.2, 0.25) is 0 Å². The van der Waals surface area contributed by atoms with Crippen LogP contribution in [-0.4, -0.2) is 16.3 Å². The van der Waals surface area contributed by atoms with E-state index in [1.807, 2.05) is 0 Å². The van der Waals surface area contributed by atoms with E-state index in [0.717, 1.165) is 16.7 Å². The number of hydrogen-bond acceptors (Lipinski definition) is 2. The number of para-hydroxylation sites is 4. The molecule has 0 saturated carbocycles. The summed E-state index contributed by atoms with van der Waals surface area (Å²) >= 11 is -0.398. The Morgan fingerprint density at radius 2 is 1.26 bits per heavy atom. The molecule has 8 aromatic carbocycles. The number of fused-ring (bicyclic) bond motifs is 12. The Balaban J connectivity index is 1.18. The van der Waals surface area contributed by atoms with Gasteiger partial charge in [-0.1, -0.05) is 36.4 Å². The monoisotopic (exact) mass is 909 g/mol. The molecule has 10 aromatic rings. The number of nitrogens with one attached hydrogen (secondary N) is 1. The zero-order valence-corrected chi connectivity index (χ0v) is 37.5. The van der Waals surface area contributed by atoms with Crippen LogP contribution in [0.4, 0.5) is 34.1 Å². The van der Waals surface area contributed by atoms with Crippen molar-refractivity contribution >= 4 is 89.9 Å². The van der Waals surface area contributed by atoms with Gasteiger partial charge in [-0.2, -0.15) is 0 Å². The van der Waals surface area contributed by atoms with E-state index in [1.165, 1.54) is 107 Å². The van der Waals surface area contributed by atoms with Crippen molar-refractivity contribution in [2.75, 3.05) is 9.80 Å². The fraction of sp³-hybridized carbons (Fsp3) is 0.107. The molecule has 0 saturated heterocycles. The molecule has 0 unspecified atom stereocenters. The number of anilines is 6. The molecule has 1 N–H and O–H groups in total. The van der Waals surface area contributed by atoms with Gasteiger partial charge in [-0.3, -0.25) is 0 Å². The molecule has 3 aliphatic heterocycles. The third kappa shape index (κ3) is 4.95. The van der Waals surface area contributed by atoms with Gasteiger partial charge in [0, 0.05) is 0 Å². The first-order valence-corrected chi connectivity index (χ1v) is 23.9. The van der Waals surface area contributed by atoms with Gasteiger partial charge in [0.1, 0.15) is 0 Å². The Bertz CT molecular complexity index is 3510. The van der Waals surface area contributed by atoms with Crippen LogP contribution in [0.15, 0.2) is 164 Å². The molecule has 2 aromatic heterocycles. The summed E-state index contributed by atoms with van der Waals surface area (Å²) < 4.78 is 5.75. The maximum atomic E-state index is 3.79. The summed E-state index contributed by atoms with van der Waals surface area (Å²) in [6.45, 7) is 11.6. The van der Waals surface area contributed by atoms with Gasteiger partial charge in [-0.25, -0.2) is 0 Å². The van der Waals surface area contributed by atoms with Gasteiger partial charge in [0.2, 0.25) is 0 Å². The number of aryl methyl sites for hydroxylation is 2. The molecular weight excluding hydrogens is 866 g/mol. The molecule has 0 aliphatic carbocycles. The average molecular weight is 910 g/mol. The molecule has 4 nitrogen and oxygen atoms in total. The summed E-state index contributed by atoms with van der Waals surface area (Å²) in [5.41, 5.74) is 22.8. The molecule has 0 radical (unpaired) electrons. The summed E-state index contributed by atoms with van der Waals surface area (Å²) in [4.78, 5) is 8.90. The zero-order valence-electron chi connectivity index (χ0n) is 35.4. The number of halogens is 1. The first-order chi connectivity index (χ1) is 30.2. The van der Waals surface area contributed by atoms with Gasteiger partial charge in [0.25, 0.3) is 0 Å². The number of rotatable bonds is 4. The molecule has 0 spiro atoms. The van der Waals surface area contributed by atoms with Gasteiger partial charge in [0.15, 0.2) is 0 Å². The summed E-state index contributed by atoms with van der Waals surface area (Å²) in [5.74, 6) is 0. The number of nitrogens with zero attached hydrogens (tertiary/aromatic N) is 3. The molecule has 5 heterocycles. The second-order valence-corrected chi connectivity index (χ2v) is 21.0. The Kier molecular flexibility index (Phi) is 7.59. The van der Waals surface area contributed by atoms with Crippen LogP contribution >= 0.6 is 0 Å². The fourth-order valence-electron chi connectivity index (χ4n) is 10.8. The predicted octanol–water partition coefficient (Wildman–Crippen LogP) is 9.37. The van der Waals surface area contributed by atoms with Crippen molar-refractivity contribution in [3.05, 3.63) is 188 Å². The topological polar surface area (TPSA) is 27.2 Å². The first-order valence-electron chi connectivity index (χ1n) is 21.7. The van der Waals surface area contributed by atoms with Crippen LogP contribution in [0.5, 0.6) is 0 Å². The smallest absolute Gasteiger partial charge is 0.0619 e. The Morgan fingerprint density at radius 1 is 0.581 bits per heavy atom. The molecule has 0 amide bonds. The summed E-state index contributed by atoms with van der Waals surface area (Å²) in [7, 11) is 0. The van der Waals surface area contributed by atoms with E-state index in [9.17, 15) is 0 Å². The standard InChI is InChI=1S/C56H43BIN4/c1-33-16-6-12-25-45(33)60(46-26-13-7-17-34(46)2)36-28-29-40-48(32-36)61(47-27-15-24-44-52(47)38-19-9-11-23-43(38)59-44)49-30-35(56(3,4)5)31-50-53(49)57(40)41-21-14-20-39-51-37-18-8-10-22-42(37)58-55(51)62(50)54(39)41/h6-32,59H,1-5H3/q-1. The number of aromatic nitrogens is 2. The van der Waals surface area contributed by atoms with Gasteiger partial charge < -0.3 is 0 Å². The van der Waals surface area contributed by atoms with Gasteiger partial charge in [-0.15, -0.1) is 0 Å². The van der Waals surface area contributed by atoms with E-state index in [4.69, 9.17) is 0 Å². The van der Waals surface area contributed by atoms with Gasteiger partial charge in [-0.05, 0) is 13.8 Å². The Labute approximate surface area is 372 Å². The van der Waals surface area contributed by atoms with E-state index in [-0.39, 0.29) is 12.1 Å². The van der Waals surface area contributed by atoms with Crippen LogP contribution < -0.4 is 47.4 Å². The second kappa shape index (κ2) is 13.0. The van der Waals surface area contributed by atoms with Crippen molar-refractivity contribution in [1.29, 1.82) is 0 Å². The summed E-state index contributed by atoms with van der Waals surface area (Å²) in [6.07, 6.45) is 0. The van der Waals surface area contributed by atoms with E-state index >= 15 is 0 Å². The average Bonchev–Trinajstić information content (AvgIpc) is 3.96. The third-order valence-corrected chi connectivity index (χ3v) is 16.7. The minimum atomic E-state index is -0.398. The Hall–Kier alpha value is -6.51. The molecule has 0 fully saturated rings. The summed E-state index contributed by atoms with van der Waals surface area (Å²) in [5, 5.41) is 3.85. The quantitative estimate of drug-likeness (QED) is 0.141. The van der Waals surface area contributed by atoms with E-state index in [1.54, 1.807) is 0 Å². The molecule has 6 heteroatoms. The normalized spacial score (nSPS) is 13.6. The van der Waals surface area contributed by atoms with Crippen molar-refractivity contribution in [3.63, 3.8) is 0 Å². The van der Waals surface area contributed by atoms with Gasteiger partial charge in [0.05, 0.1) is 0 Å². The van der Waals surface area contributed by atoms with Crippen molar-refractivity contribution in [2.45, 2.75) is 40.0 Å². The number of hydrogen-bond donors (Lipinski definition) is 1. The SMILES string of the molecule is Cc1ccccc1N(c1ccc2c(c1)N(c1cccc3[nH]c4ccccc4c13)c1cc(C(C)(C)C)cc3c1B2c1cccc2c4c(n-3c12)[I-]c1ccccc1-4)c1ccccc1C. The molecule has 3 aliphatic rings. The van der Waals surface area contributed by atoms with E-state index < -0.39 is 21.2 Å². The molecule has 0 bridgehead atoms. The fourth-order valence-corrected chi connectivity index (χ4v) is 14.1. The van der Waals surface area contributed by atoms with Crippen LogP contribution in [0.1, 0.15) is 37.5 Å². The zero-order chi connectivity index (χ0) is 41.6. The Morgan fingerprint density at radius 3 is 2.05 bits per heavy atom. The molecule has 62 heavy (non-hydrogen) atoms. The number of benzene rings is 8. The van der Waals surface area contributed by atoms with Crippen molar-refractivity contribution in [3.8, 4) is 16.8 Å². The van der Waals surface area contributed by atoms with Crippen molar-refractivity contribution < 1.29 is 21.2 Å². The predicted molar refractivity (Wildman–Crippen MR) is 258 cm³/mol. The maximum absolute atomic E-state index is 3.79.